The zero-order valence-corrected chi connectivity index (χ0v) is 13.5. The maximum atomic E-state index is 12.1. The molecule has 1 N–H and O–H groups in total. The molecule has 0 radical (unpaired) electrons. The first-order chi connectivity index (χ1) is 11.6. The molecular weight excluding hydrogens is 306 g/mol. The highest BCUT2D eigenvalue weighted by Crippen LogP contribution is 2.26. The number of fused-ring (bicyclic) bond motifs is 2. The average Bonchev–Trinajstić information content (AvgIpc) is 3.04. The van der Waals surface area contributed by atoms with Crippen LogP contribution in [0.5, 0.6) is 5.75 Å². The van der Waals surface area contributed by atoms with Crippen LogP contribution in [0.1, 0.15) is 25.0 Å². The minimum atomic E-state index is -0.0873. The van der Waals surface area contributed by atoms with Gasteiger partial charge in [-0.25, -0.2) is 15.0 Å². The molecule has 1 aromatic heterocycles. The summed E-state index contributed by atoms with van der Waals surface area (Å²) in [5.41, 5.74) is 2.49. The van der Waals surface area contributed by atoms with Gasteiger partial charge in [0.15, 0.2) is 0 Å². The molecule has 1 atom stereocenters. The van der Waals surface area contributed by atoms with Crippen molar-refractivity contribution in [3.63, 3.8) is 0 Å². The van der Waals surface area contributed by atoms with Gasteiger partial charge in [-0.15, -0.1) is 0 Å². The Bertz CT molecular complexity index is 903. The number of amides is 1. The van der Waals surface area contributed by atoms with E-state index in [0.717, 1.165) is 47.3 Å². The van der Waals surface area contributed by atoms with Crippen LogP contribution in [-0.4, -0.2) is 34.7 Å². The Hall–Kier alpha value is -2.83. The van der Waals surface area contributed by atoms with Gasteiger partial charge in [0.05, 0.1) is 24.2 Å². The van der Waals surface area contributed by atoms with Gasteiger partial charge < -0.3 is 4.74 Å². The summed E-state index contributed by atoms with van der Waals surface area (Å²) in [4.78, 5) is 29.7. The summed E-state index contributed by atoms with van der Waals surface area (Å²) in [6, 6.07) is 5.61. The number of carbonyl (C=O) groups is 1. The molecule has 2 heterocycles. The molecule has 122 valence electrons. The number of aromatic nitrogens is 2. The second-order valence-corrected chi connectivity index (χ2v) is 5.96. The first kappa shape index (κ1) is 14.7. The van der Waals surface area contributed by atoms with Gasteiger partial charge in [-0.2, -0.15) is 4.99 Å². The summed E-state index contributed by atoms with van der Waals surface area (Å²) in [5, 5.41) is 3.66. The zero-order valence-electron chi connectivity index (χ0n) is 13.5. The van der Waals surface area contributed by atoms with Gasteiger partial charge in [0.25, 0.3) is 5.95 Å². The van der Waals surface area contributed by atoms with Crippen LogP contribution in [-0.2, 0) is 4.79 Å². The number of carbonyl (C=O) groups excluding carboxylic acids is 1. The van der Waals surface area contributed by atoms with E-state index in [-0.39, 0.29) is 17.8 Å². The maximum Gasteiger partial charge on any atom is 0.253 e. The van der Waals surface area contributed by atoms with Gasteiger partial charge in [0.1, 0.15) is 5.75 Å². The van der Waals surface area contributed by atoms with Crippen LogP contribution in [0.4, 0.5) is 5.95 Å². The molecule has 7 heteroatoms. The number of benzene rings is 1. The van der Waals surface area contributed by atoms with Crippen LogP contribution in [0, 0.1) is 12.8 Å². The lowest BCUT2D eigenvalue weighted by Gasteiger charge is -2.17. The van der Waals surface area contributed by atoms with Crippen molar-refractivity contribution in [3.05, 3.63) is 23.9 Å². The van der Waals surface area contributed by atoms with Gasteiger partial charge >= 0.3 is 0 Å². The van der Waals surface area contributed by atoms with Crippen LogP contribution in [0.25, 0.3) is 10.9 Å². The third-order valence-corrected chi connectivity index (χ3v) is 4.42. The standard InChI is InChI=1S/C17H17N5O2/c1-9-12-8-10(24-2)6-7-14(12)20-16(18-9)22-17-19-13-5-3-4-11(13)15(23)21-17/h6-8,11H,3-5H2,1-2H3,(H,18,20,21,22,23). The first-order valence-electron chi connectivity index (χ1n) is 7.93. The summed E-state index contributed by atoms with van der Waals surface area (Å²) < 4.78 is 5.23. The largest absolute Gasteiger partial charge is 0.497 e. The van der Waals surface area contributed by atoms with Gasteiger partial charge in [-0.05, 0) is 44.4 Å². The number of guanidine groups is 1. The molecule has 7 nitrogen and oxygen atoms in total. The molecule has 1 aliphatic heterocycles. The number of nitrogens with zero attached hydrogens (tertiary/aromatic N) is 4. The summed E-state index contributed by atoms with van der Waals surface area (Å²) in [5.74, 6) is 1.21. The molecule has 0 bridgehead atoms. The van der Waals surface area contributed by atoms with E-state index in [1.54, 1.807) is 7.11 Å². The summed E-state index contributed by atoms with van der Waals surface area (Å²) in [6.45, 7) is 1.89. The fourth-order valence-electron chi connectivity index (χ4n) is 3.18. The zero-order chi connectivity index (χ0) is 16.7. The second kappa shape index (κ2) is 5.67. The molecule has 0 saturated heterocycles. The van der Waals surface area contributed by atoms with Gasteiger partial charge in [0, 0.05) is 11.1 Å². The maximum absolute atomic E-state index is 12.1. The monoisotopic (exact) mass is 323 g/mol. The second-order valence-electron chi connectivity index (χ2n) is 5.96. The number of hydrogen-bond acceptors (Lipinski definition) is 5. The average molecular weight is 323 g/mol. The number of ether oxygens (including phenoxy) is 1. The SMILES string of the molecule is COc1ccc2nc(/N=C3\N=C4CCCC4C(=O)N3)nc(C)c2c1. The highest BCUT2D eigenvalue weighted by Gasteiger charge is 2.33. The van der Waals surface area contributed by atoms with Crippen molar-refractivity contribution in [1.82, 2.24) is 15.3 Å². The van der Waals surface area contributed by atoms with Crippen molar-refractivity contribution in [2.75, 3.05) is 7.11 Å². The van der Waals surface area contributed by atoms with E-state index in [1.165, 1.54) is 0 Å². The number of aliphatic imine (C=N–C) groups is 2. The Morgan fingerprint density at radius 2 is 2.21 bits per heavy atom. The van der Waals surface area contributed by atoms with E-state index in [9.17, 15) is 4.79 Å². The van der Waals surface area contributed by atoms with Crippen molar-refractivity contribution in [3.8, 4) is 5.75 Å². The van der Waals surface area contributed by atoms with Gasteiger partial charge in [-0.3, -0.25) is 10.1 Å². The number of hydrogen-bond donors (Lipinski definition) is 1. The van der Waals surface area contributed by atoms with Crippen LogP contribution in [0.2, 0.25) is 0 Å². The van der Waals surface area contributed by atoms with Crippen molar-refractivity contribution in [2.45, 2.75) is 26.2 Å². The number of nitrogens with one attached hydrogen (secondary N) is 1. The van der Waals surface area contributed by atoms with E-state index in [2.05, 4.69) is 25.3 Å². The Balaban J connectivity index is 1.74. The van der Waals surface area contributed by atoms with E-state index in [0.29, 0.717) is 5.95 Å². The summed E-state index contributed by atoms with van der Waals surface area (Å²) >= 11 is 0. The Morgan fingerprint density at radius 3 is 3.04 bits per heavy atom. The normalized spacial score (nSPS) is 21.6. The molecule has 2 aromatic rings. The first-order valence-corrected chi connectivity index (χ1v) is 7.93. The van der Waals surface area contributed by atoms with Crippen LogP contribution >= 0.6 is 0 Å². The molecule has 1 aliphatic carbocycles. The highest BCUT2D eigenvalue weighted by molar-refractivity contribution is 6.18. The Morgan fingerprint density at radius 1 is 1.33 bits per heavy atom. The lowest BCUT2D eigenvalue weighted by molar-refractivity contribution is -0.121. The predicted molar refractivity (Wildman–Crippen MR) is 90.8 cm³/mol. The molecule has 4 rings (SSSR count). The fourth-order valence-corrected chi connectivity index (χ4v) is 3.18. The molecule has 0 spiro atoms. The summed E-state index contributed by atoms with van der Waals surface area (Å²) in [7, 11) is 1.62. The minimum Gasteiger partial charge on any atom is -0.497 e. The van der Waals surface area contributed by atoms with Crippen LogP contribution in [0.15, 0.2) is 28.2 Å². The number of methoxy groups -OCH3 is 1. The van der Waals surface area contributed by atoms with Crippen LogP contribution in [0.3, 0.4) is 0 Å². The molecule has 24 heavy (non-hydrogen) atoms. The third-order valence-electron chi connectivity index (χ3n) is 4.42. The van der Waals surface area contributed by atoms with Gasteiger partial charge in [-0.1, -0.05) is 0 Å². The molecule has 1 saturated carbocycles. The van der Waals surface area contributed by atoms with Crippen LogP contribution < -0.4 is 10.1 Å². The van der Waals surface area contributed by atoms with Crippen molar-refractivity contribution in [2.24, 2.45) is 15.9 Å². The third kappa shape index (κ3) is 2.51. The van der Waals surface area contributed by atoms with E-state index >= 15 is 0 Å². The topological polar surface area (TPSA) is 88.8 Å². The molecular formula is C17H17N5O2. The Labute approximate surface area is 138 Å². The van der Waals surface area contributed by atoms with Gasteiger partial charge in [0.2, 0.25) is 11.9 Å². The molecule has 1 unspecified atom stereocenters. The molecule has 1 fully saturated rings. The smallest absolute Gasteiger partial charge is 0.253 e. The van der Waals surface area contributed by atoms with Crippen molar-refractivity contribution < 1.29 is 9.53 Å². The van der Waals surface area contributed by atoms with Crippen molar-refractivity contribution >= 4 is 34.4 Å². The number of rotatable bonds is 2. The van der Waals surface area contributed by atoms with E-state index < -0.39 is 0 Å². The van der Waals surface area contributed by atoms with Crippen molar-refractivity contribution in [1.29, 1.82) is 0 Å². The van der Waals surface area contributed by atoms with E-state index in [4.69, 9.17) is 4.74 Å². The molecule has 1 amide bonds. The highest BCUT2D eigenvalue weighted by atomic mass is 16.5. The molecule has 2 aliphatic rings. The fraction of sp³-hybridized carbons (Fsp3) is 0.353. The lowest BCUT2D eigenvalue weighted by Crippen LogP contribution is -2.41. The summed E-state index contributed by atoms with van der Waals surface area (Å²) in [6.07, 6.45) is 2.72. The predicted octanol–water partition coefficient (Wildman–Crippen LogP) is 2.31. The minimum absolute atomic E-state index is 0.0292. The quantitative estimate of drug-likeness (QED) is 0.918. The Kier molecular flexibility index (Phi) is 3.48. The molecule has 1 aromatic carbocycles. The number of aryl methyl sites for hydroxylation is 1. The van der Waals surface area contributed by atoms with E-state index in [1.807, 2.05) is 25.1 Å². The lowest BCUT2D eigenvalue weighted by atomic mass is 10.0.